The molecule has 0 radical (unpaired) electrons. The SMILES string of the molecule is CCCC(CC)N=Cc1ccc(C)cc1C. The standard InChI is InChI=1S/C15H23N/c1-5-7-15(6-2)16-11-14-9-8-12(3)10-13(14)4/h8-11,15H,5-7H2,1-4H3. The molecule has 0 aliphatic carbocycles. The lowest BCUT2D eigenvalue weighted by atomic mass is 10.1. The molecule has 0 saturated carbocycles. The van der Waals surface area contributed by atoms with Crippen molar-refractivity contribution in [2.24, 2.45) is 4.99 Å². The van der Waals surface area contributed by atoms with Gasteiger partial charge in [0.15, 0.2) is 0 Å². The van der Waals surface area contributed by atoms with Crippen molar-refractivity contribution in [2.75, 3.05) is 0 Å². The molecule has 1 heteroatoms. The van der Waals surface area contributed by atoms with Crippen LogP contribution >= 0.6 is 0 Å². The van der Waals surface area contributed by atoms with E-state index < -0.39 is 0 Å². The number of nitrogens with zero attached hydrogens (tertiary/aromatic N) is 1. The molecule has 0 N–H and O–H groups in total. The Hall–Kier alpha value is -1.11. The predicted octanol–water partition coefficient (Wildman–Crippen LogP) is 4.30. The highest BCUT2D eigenvalue weighted by atomic mass is 14.8. The van der Waals surface area contributed by atoms with Crippen LogP contribution in [0.3, 0.4) is 0 Å². The third-order valence-electron chi connectivity index (χ3n) is 2.94. The first-order valence-corrected chi connectivity index (χ1v) is 6.27. The van der Waals surface area contributed by atoms with E-state index >= 15 is 0 Å². The van der Waals surface area contributed by atoms with E-state index in [1.807, 2.05) is 6.21 Å². The minimum Gasteiger partial charge on any atom is -0.289 e. The molecule has 1 aromatic rings. The minimum absolute atomic E-state index is 0.491. The van der Waals surface area contributed by atoms with Crippen molar-refractivity contribution in [3.63, 3.8) is 0 Å². The Balaban J connectivity index is 2.74. The van der Waals surface area contributed by atoms with Crippen LogP contribution < -0.4 is 0 Å². The highest BCUT2D eigenvalue weighted by Crippen LogP contribution is 2.10. The Labute approximate surface area is 99.6 Å². The Morgan fingerprint density at radius 2 is 2.00 bits per heavy atom. The van der Waals surface area contributed by atoms with Gasteiger partial charge in [0.25, 0.3) is 0 Å². The molecule has 1 nitrogen and oxygen atoms in total. The van der Waals surface area contributed by atoms with Crippen LogP contribution in [-0.2, 0) is 0 Å². The van der Waals surface area contributed by atoms with E-state index in [0.29, 0.717) is 6.04 Å². The molecule has 1 aromatic carbocycles. The molecule has 1 rings (SSSR count). The minimum atomic E-state index is 0.491. The van der Waals surface area contributed by atoms with Gasteiger partial charge in [0.2, 0.25) is 0 Å². The topological polar surface area (TPSA) is 12.4 Å². The molecule has 0 bridgehead atoms. The summed E-state index contributed by atoms with van der Waals surface area (Å²) in [5.41, 5.74) is 3.88. The van der Waals surface area contributed by atoms with Crippen LogP contribution in [0, 0.1) is 13.8 Å². The van der Waals surface area contributed by atoms with Gasteiger partial charge in [0.05, 0.1) is 0 Å². The molecule has 0 amide bonds. The first-order valence-electron chi connectivity index (χ1n) is 6.27. The zero-order valence-electron chi connectivity index (χ0n) is 11.0. The van der Waals surface area contributed by atoms with Crippen molar-refractivity contribution in [1.82, 2.24) is 0 Å². The third-order valence-corrected chi connectivity index (χ3v) is 2.94. The molecule has 0 aromatic heterocycles. The van der Waals surface area contributed by atoms with Gasteiger partial charge < -0.3 is 0 Å². The molecular formula is C15H23N. The second kappa shape index (κ2) is 6.47. The maximum absolute atomic E-state index is 4.67. The number of benzene rings is 1. The monoisotopic (exact) mass is 217 g/mol. The molecule has 0 fully saturated rings. The van der Waals surface area contributed by atoms with Crippen LogP contribution in [-0.4, -0.2) is 12.3 Å². The van der Waals surface area contributed by atoms with Gasteiger partial charge in [-0.2, -0.15) is 0 Å². The maximum Gasteiger partial charge on any atom is 0.0497 e. The molecule has 1 unspecified atom stereocenters. The number of hydrogen-bond donors (Lipinski definition) is 0. The molecule has 1 atom stereocenters. The van der Waals surface area contributed by atoms with Gasteiger partial charge in [-0.05, 0) is 37.8 Å². The van der Waals surface area contributed by atoms with Gasteiger partial charge in [-0.3, -0.25) is 4.99 Å². The van der Waals surface area contributed by atoms with Gasteiger partial charge in [-0.1, -0.05) is 44.0 Å². The third kappa shape index (κ3) is 3.80. The molecule has 88 valence electrons. The van der Waals surface area contributed by atoms with Crippen molar-refractivity contribution < 1.29 is 0 Å². The summed E-state index contributed by atoms with van der Waals surface area (Å²) in [7, 11) is 0. The van der Waals surface area contributed by atoms with E-state index in [-0.39, 0.29) is 0 Å². The molecule has 0 aliphatic rings. The van der Waals surface area contributed by atoms with E-state index in [0.717, 1.165) is 6.42 Å². The fraction of sp³-hybridized carbons (Fsp3) is 0.533. The van der Waals surface area contributed by atoms with Crippen molar-refractivity contribution in [1.29, 1.82) is 0 Å². The van der Waals surface area contributed by atoms with Gasteiger partial charge in [-0.25, -0.2) is 0 Å². The zero-order chi connectivity index (χ0) is 12.0. The summed E-state index contributed by atoms with van der Waals surface area (Å²) in [4.78, 5) is 4.67. The van der Waals surface area contributed by atoms with Crippen LogP contribution in [0.4, 0.5) is 0 Å². The molecular weight excluding hydrogens is 194 g/mol. The Morgan fingerprint density at radius 3 is 2.56 bits per heavy atom. The Kier molecular flexibility index (Phi) is 5.24. The van der Waals surface area contributed by atoms with E-state index in [9.17, 15) is 0 Å². The highest BCUT2D eigenvalue weighted by Gasteiger charge is 2.01. The van der Waals surface area contributed by atoms with Gasteiger partial charge >= 0.3 is 0 Å². The van der Waals surface area contributed by atoms with E-state index in [1.54, 1.807) is 0 Å². The predicted molar refractivity (Wildman–Crippen MR) is 72.5 cm³/mol. The number of hydrogen-bond acceptors (Lipinski definition) is 1. The van der Waals surface area contributed by atoms with Gasteiger partial charge in [-0.15, -0.1) is 0 Å². The fourth-order valence-corrected chi connectivity index (χ4v) is 1.87. The van der Waals surface area contributed by atoms with Crippen molar-refractivity contribution in [2.45, 2.75) is 53.0 Å². The zero-order valence-corrected chi connectivity index (χ0v) is 11.0. The first-order chi connectivity index (χ1) is 7.67. The lowest BCUT2D eigenvalue weighted by molar-refractivity contribution is 0.591. The van der Waals surface area contributed by atoms with Crippen molar-refractivity contribution >= 4 is 6.21 Å². The average Bonchev–Trinajstić information content (AvgIpc) is 2.26. The van der Waals surface area contributed by atoms with E-state index in [1.165, 1.54) is 29.5 Å². The number of rotatable bonds is 5. The van der Waals surface area contributed by atoms with Crippen LogP contribution in [0.2, 0.25) is 0 Å². The summed E-state index contributed by atoms with van der Waals surface area (Å²) in [6.07, 6.45) is 5.58. The second-order valence-electron chi connectivity index (χ2n) is 4.49. The largest absolute Gasteiger partial charge is 0.289 e. The van der Waals surface area contributed by atoms with Crippen LogP contribution in [0.5, 0.6) is 0 Å². The molecule has 0 saturated heterocycles. The van der Waals surface area contributed by atoms with E-state index in [2.05, 4.69) is 50.9 Å². The van der Waals surface area contributed by atoms with Gasteiger partial charge in [0.1, 0.15) is 0 Å². The summed E-state index contributed by atoms with van der Waals surface area (Å²) in [5.74, 6) is 0. The van der Waals surface area contributed by atoms with E-state index in [4.69, 9.17) is 0 Å². The molecule has 0 spiro atoms. The van der Waals surface area contributed by atoms with Crippen LogP contribution in [0.25, 0.3) is 0 Å². The Morgan fingerprint density at radius 1 is 1.25 bits per heavy atom. The molecule has 16 heavy (non-hydrogen) atoms. The smallest absolute Gasteiger partial charge is 0.0497 e. The lowest BCUT2D eigenvalue weighted by Crippen LogP contribution is -2.02. The number of aryl methyl sites for hydroxylation is 2. The number of aliphatic imine (C=N–C) groups is 1. The van der Waals surface area contributed by atoms with Crippen LogP contribution in [0.1, 0.15) is 49.8 Å². The highest BCUT2D eigenvalue weighted by molar-refractivity contribution is 5.81. The second-order valence-corrected chi connectivity index (χ2v) is 4.49. The summed E-state index contributed by atoms with van der Waals surface area (Å²) in [5, 5.41) is 0. The average molecular weight is 217 g/mol. The summed E-state index contributed by atoms with van der Waals surface area (Å²) >= 11 is 0. The Bertz CT molecular complexity index is 352. The fourth-order valence-electron chi connectivity index (χ4n) is 1.87. The van der Waals surface area contributed by atoms with Crippen LogP contribution in [0.15, 0.2) is 23.2 Å². The normalized spacial score (nSPS) is 13.2. The summed E-state index contributed by atoms with van der Waals surface area (Å²) in [6, 6.07) is 7.01. The van der Waals surface area contributed by atoms with Crippen molar-refractivity contribution in [3.8, 4) is 0 Å². The molecule has 0 aliphatic heterocycles. The van der Waals surface area contributed by atoms with Crippen molar-refractivity contribution in [3.05, 3.63) is 34.9 Å². The quantitative estimate of drug-likeness (QED) is 0.652. The lowest BCUT2D eigenvalue weighted by Gasteiger charge is -2.08. The maximum atomic E-state index is 4.67. The molecule has 0 heterocycles. The van der Waals surface area contributed by atoms with Gasteiger partial charge in [0, 0.05) is 12.3 Å². The first kappa shape index (κ1) is 13.0. The summed E-state index contributed by atoms with van der Waals surface area (Å²) < 4.78 is 0. The summed E-state index contributed by atoms with van der Waals surface area (Å²) in [6.45, 7) is 8.70.